The van der Waals surface area contributed by atoms with Gasteiger partial charge in [-0.25, -0.2) is 0 Å². The maximum absolute atomic E-state index is 5.97. The molecule has 4 heteroatoms. The maximum Gasteiger partial charge on any atom is 0.0850 e. The van der Waals surface area contributed by atoms with E-state index in [0.717, 1.165) is 26.2 Å². The van der Waals surface area contributed by atoms with Gasteiger partial charge in [0, 0.05) is 31.2 Å². The Morgan fingerprint density at radius 1 is 1.57 bits per heavy atom. The van der Waals surface area contributed by atoms with Crippen molar-refractivity contribution in [3.8, 4) is 0 Å². The summed E-state index contributed by atoms with van der Waals surface area (Å²) in [5.74, 6) is 0. The van der Waals surface area contributed by atoms with E-state index in [9.17, 15) is 0 Å². The van der Waals surface area contributed by atoms with Crippen LogP contribution in [0.4, 0.5) is 0 Å². The van der Waals surface area contributed by atoms with Crippen LogP contribution in [0.2, 0.25) is 0 Å². The van der Waals surface area contributed by atoms with E-state index in [1.165, 1.54) is 0 Å². The van der Waals surface area contributed by atoms with E-state index in [4.69, 9.17) is 16.2 Å². The number of morpholine rings is 1. The minimum absolute atomic E-state index is 0.0960. The third kappa shape index (κ3) is 3.92. The van der Waals surface area contributed by atoms with E-state index >= 15 is 0 Å². The van der Waals surface area contributed by atoms with Gasteiger partial charge >= 0.3 is 0 Å². The molecule has 2 unspecified atom stereocenters. The lowest BCUT2D eigenvalue weighted by atomic mass is 10.1. The van der Waals surface area contributed by atoms with Crippen molar-refractivity contribution in [2.24, 2.45) is 11.5 Å². The van der Waals surface area contributed by atoms with Gasteiger partial charge in [-0.3, -0.25) is 4.90 Å². The van der Waals surface area contributed by atoms with Gasteiger partial charge in [-0.1, -0.05) is 0 Å². The summed E-state index contributed by atoms with van der Waals surface area (Å²) in [7, 11) is 0. The molecule has 0 aromatic carbocycles. The molecule has 4 N–H and O–H groups in total. The number of rotatable bonds is 3. The SMILES string of the molecule is CC(N)C1CN(CC(C)(C)N)CCO1. The van der Waals surface area contributed by atoms with Gasteiger partial charge in [0.2, 0.25) is 0 Å². The summed E-state index contributed by atoms with van der Waals surface area (Å²) in [6.45, 7) is 9.61. The summed E-state index contributed by atoms with van der Waals surface area (Å²) >= 11 is 0. The summed E-state index contributed by atoms with van der Waals surface area (Å²) in [6.07, 6.45) is 0.158. The number of nitrogens with two attached hydrogens (primary N) is 2. The topological polar surface area (TPSA) is 64.5 Å². The molecule has 1 rings (SSSR count). The van der Waals surface area contributed by atoms with Gasteiger partial charge in [0.1, 0.15) is 0 Å². The number of hydrogen-bond acceptors (Lipinski definition) is 4. The van der Waals surface area contributed by atoms with Gasteiger partial charge in [0.25, 0.3) is 0 Å². The Bertz CT molecular complexity index is 177. The Labute approximate surface area is 86.6 Å². The van der Waals surface area contributed by atoms with Crippen molar-refractivity contribution in [3.05, 3.63) is 0 Å². The van der Waals surface area contributed by atoms with Crippen LogP contribution in [-0.2, 0) is 4.74 Å². The van der Waals surface area contributed by atoms with E-state index in [0.29, 0.717) is 0 Å². The predicted octanol–water partition coefficient (Wildman–Crippen LogP) is -0.228. The van der Waals surface area contributed by atoms with Gasteiger partial charge < -0.3 is 16.2 Å². The monoisotopic (exact) mass is 201 g/mol. The van der Waals surface area contributed by atoms with Crippen molar-refractivity contribution in [1.82, 2.24) is 4.90 Å². The van der Waals surface area contributed by atoms with E-state index < -0.39 is 0 Å². The lowest BCUT2D eigenvalue weighted by molar-refractivity contribution is -0.0419. The van der Waals surface area contributed by atoms with Crippen LogP contribution in [0.1, 0.15) is 20.8 Å². The van der Waals surface area contributed by atoms with Gasteiger partial charge in [0.05, 0.1) is 12.7 Å². The summed E-state index contributed by atoms with van der Waals surface area (Å²) in [6, 6.07) is 0.0960. The smallest absolute Gasteiger partial charge is 0.0850 e. The highest BCUT2D eigenvalue weighted by Gasteiger charge is 2.26. The lowest BCUT2D eigenvalue weighted by Crippen LogP contribution is -2.54. The van der Waals surface area contributed by atoms with Crippen LogP contribution in [0.25, 0.3) is 0 Å². The van der Waals surface area contributed by atoms with Crippen molar-refractivity contribution in [3.63, 3.8) is 0 Å². The molecule has 0 spiro atoms. The van der Waals surface area contributed by atoms with E-state index in [2.05, 4.69) is 4.90 Å². The van der Waals surface area contributed by atoms with Crippen molar-refractivity contribution in [1.29, 1.82) is 0 Å². The van der Waals surface area contributed by atoms with Gasteiger partial charge in [-0.2, -0.15) is 0 Å². The number of hydrogen-bond donors (Lipinski definition) is 2. The second-order valence-electron chi connectivity index (χ2n) is 4.99. The Hall–Kier alpha value is -0.160. The van der Waals surface area contributed by atoms with E-state index in [-0.39, 0.29) is 17.7 Å². The molecule has 1 aliphatic rings. The summed E-state index contributed by atoms with van der Waals surface area (Å²) in [5, 5.41) is 0. The minimum atomic E-state index is -0.139. The van der Waals surface area contributed by atoms with Crippen LogP contribution < -0.4 is 11.5 Å². The lowest BCUT2D eigenvalue weighted by Gasteiger charge is -2.37. The zero-order valence-electron chi connectivity index (χ0n) is 9.49. The molecule has 0 aliphatic carbocycles. The zero-order chi connectivity index (χ0) is 10.8. The molecule has 1 fully saturated rings. The normalized spacial score (nSPS) is 27.6. The van der Waals surface area contributed by atoms with E-state index in [1.54, 1.807) is 0 Å². The molecule has 1 aliphatic heterocycles. The molecule has 1 saturated heterocycles. The predicted molar refractivity (Wildman–Crippen MR) is 58.1 cm³/mol. The first kappa shape index (κ1) is 11.9. The third-order valence-electron chi connectivity index (χ3n) is 2.40. The van der Waals surface area contributed by atoms with Crippen LogP contribution in [0, 0.1) is 0 Å². The van der Waals surface area contributed by atoms with Crippen molar-refractivity contribution in [2.45, 2.75) is 38.5 Å². The highest BCUT2D eigenvalue weighted by Crippen LogP contribution is 2.10. The van der Waals surface area contributed by atoms with Crippen molar-refractivity contribution >= 4 is 0 Å². The highest BCUT2D eigenvalue weighted by molar-refractivity contribution is 4.83. The molecule has 1 heterocycles. The van der Waals surface area contributed by atoms with Gasteiger partial charge in [-0.15, -0.1) is 0 Å². The fourth-order valence-electron chi connectivity index (χ4n) is 1.77. The second kappa shape index (κ2) is 4.57. The molecule has 0 amide bonds. The average molecular weight is 201 g/mol. The molecular formula is C10H23N3O. The average Bonchev–Trinajstić information content (AvgIpc) is 2.01. The molecular weight excluding hydrogens is 178 g/mol. The molecule has 84 valence electrons. The first-order chi connectivity index (χ1) is 6.38. The van der Waals surface area contributed by atoms with Crippen LogP contribution in [-0.4, -0.2) is 48.8 Å². The van der Waals surface area contributed by atoms with Crippen molar-refractivity contribution in [2.75, 3.05) is 26.2 Å². The Balaban J connectivity index is 2.40. The zero-order valence-corrected chi connectivity index (χ0v) is 9.49. The largest absolute Gasteiger partial charge is 0.374 e. The van der Waals surface area contributed by atoms with Gasteiger partial charge in [0.15, 0.2) is 0 Å². The first-order valence-electron chi connectivity index (χ1n) is 5.27. The number of nitrogens with zero attached hydrogens (tertiary/aromatic N) is 1. The van der Waals surface area contributed by atoms with Crippen LogP contribution >= 0.6 is 0 Å². The quantitative estimate of drug-likeness (QED) is 0.662. The molecule has 14 heavy (non-hydrogen) atoms. The standard InChI is InChI=1S/C10H23N3O/c1-8(11)9-6-13(4-5-14-9)7-10(2,3)12/h8-9H,4-7,11-12H2,1-3H3. The summed E-state index contributed by atoms with van der Waals surface area (Å²) in [5.41, 5.74) is 11.6. The Kier molecular flexibility index (Phi) is 3.89. The highest BCUT2D eigenvalue weighted by atomic mass is 16.5. The van der Waals surface area contributed by atoms with Crippen molar-refractivity contribution < 1.29 is 4.74 Å². The van der Waals surface area contributed by atoms with E-state index in [1.807, 2.05) is 20.8 Å². The summed E-state index contributed by atoms with van der Waals surface area (Å²) < 4.78 is 5.58. The molecule has 0 radical (unpaired) electrons. The molecule has 0 aromatic heterocycles. The van der Waals surface area contributed by atoms with Gasteiger partial charge in [-0.05, 0) is 20.8 Å². The fraction of sp³-hybridized carbons (Fsp3) is 1.00. The minimum Gasteiger partial charge on any atom is -0.374 e. The number of ether oxygens (including phenoxy) is 1. The second-order valence-corrected chi connectivity index (χ2v) is 4.99. The molecule has 2 atom stereocenters. The van der Waals surface area contributed by atoms with Crippen LogP contribution in [0.15, 0.2) is 0 Å². The van der Waals surface area contributed by atoms with Crippen LogP contribution in [0.3, 0.4) is 0 Å². The van der Waals surface area contributed by atoms with Crippen LogP contribution in [0.5, 0.6) is 0 Å². The third-order valence-corrected chi connectivity index (χ3v) is 2.40. The summed E-state index contributed by atoms with van der Waals surface area (Å²) in [4.78, 5) is 2.33. The molecule has 0 aromatic rings. The molecule has 0 saturated carbocycles. The molecule has 4 nitrogen and oxygen atoms in total. The molecule has 0 bridgehead atoms. The Morgan fingerprint density at radius 2 is 2.21 bits per heavy atom. The maximum atomic E-state index is 5.97. The fourth-order valence-corrected chi connectivity index (χ4v) is 1.77. The first-order valence-corrected chi connectivity index (χ1v) is 5.27. The Morgan fingerprint density at radius 3 is 2.71 bits per heavy atom.